The van der Waals surface area contributed by atoms with Gasteiger partial charge in [0, 0.05) is 18.7 Å². The maximum absolute atomic E-state index is 13.0. The van der Waals surface area contributed by atoms with Crippen LogP contribution >= 0.6 is 0 Å². The van der Waals surface area contributed by atoms with Crippen LogP contribution in [0.1, 0.15) is 12.8 Å². The highest BCUT2D eigenvalue weighted by Crippen LogP contribution is 2.28. The zero-order valence-corrected chi connectivity index (χ0v) is 9.10. The van der Waals surface area contributed by atoms with Crippen LogP contribution in [0.2, 0.25) is 0 Å². The van der Waals surface area contributed by atoms with Gasteiger partial charge < -0.3 is 9.47 Å². The quantitative estimate of drug-likeness (QED) is 0.599. The number of benzene rings is 1. The first kappa shape index (κ1) is 11.8. The smallest absolute Gasteiger partial charge is 0.311 e. The van der Waals surface area contributed by atoms with E-state index in [9.17, 15) is 14.5 Å². The Labute approximate surface area is 97.3 Å². The summed E-state index contributed by atoms with van der Waals surface area (Å²) in [6, 6.07) is 3.16. The zero-order valence-electron chi connectivity index (χ0n) is 9.10. The van der Waals surface area contributed by atoms with Crippen LogP contribution in [0.5, 0.6) is 5.75 Å². The van der Waals surface area contributed by atoms with E-state index in [1.165, 1.54) is 0 Å². The van der Waals surface area contributed by atoms with Crippen molar-refractivity contribution < 1.29 is 18.8 Å². The van der Waals surface area contributed by atoms with Crippen LogP contribution in [0.15, 0.2) is 18.2 Å². The molecule has 17 heavy (non-hydrogen) atoms. The standard InChI is InChI=1S/C11H12FNO4/c12-8-3-4-10(13(14)15)11(6-8)17-7-9-2-1-5-16-9/h3-4,6,9H,1-2,5,7H2/t9-/m0/s1. The van der Waals surface area contributed by atoms with Crippen LogP contribution in [0, 0.1) is 15.9 Å². The Morgan fingerprint density at radius 1 is 1.59 bits per heavy atom. The van der Waals surface area contributed by atoms with Gasteiger partial charge in [-0.2, -0.15) is 0 Å². The molecule has 0 aliphatic carbocycles. The Kier molecular flexibility index (Phi) is 3.53. The van der Waals surface area contributed by atoms with E-state index < -0.39 is 10.7 Å². The van der Waals surface area contributed by atoms with E-state index in [1.807, 2.05) is 0 Å². The van der Waals surface area contributed by atoms with Gasteiger partial charge in [-0.3, -0.25) is 10.1 Å². The molecule has 1 aromatic rings. The Morgan fingerprint density at radius 2 is 2.41 bits per heavy atom. The molecule has 1 aliphatic rings. The Bertz CT molecular complexity index is 418. The van der Waals surface area contributed by atoms with Gasteiger partial charge in [0.05, 0.1) is 11.0 Å². The summed E-state index contributed by atoms with van der Waals surface area (Å²) in [6.07, 6.45) is 1.76. The minimum atomic E-state index is -0.593. The maximum Gasteiger partial charge on any atom is 0.311 e. The van der Waals surface area contributed by atoms with Crippen molar-refractivity contribution in [2.45, 2.75) is 18.9 Å². The summed E-state index contributed by atoms with van der Waals surface area (Å²) in [4.78, 5) is 10.1. The highest BCUT2D eigenvalue weighted by atomic mass is 19.1. The molecule has 0 N–H and O–H groups in total. The fourth-order valence-corrected chi connectivity index (χ4v) is 1.71. The largest absolute Gasteiger partial charge is 0.484 e. The summed E-state index contributed by atoms with van der Waals surface area (Å²) in [5, 5.41) is 10.7. The van der Waals surface area contributed by atoms with Crippen molar-refractivity contribution in [1.29, 1.82) is 0 Å². The minimum Gasteiger partial charge on any atom is -0.484 e. The van der Waals surface area contributed by atoms with Gasteiger partial charge >= 0.3 is 5.69 Å². The SMILES string of the molecule is O=[N+]([O-])c1ccc(F)cc1OC[C@@H]1CCCO1. The Balaban J connectivity index is 2.07. The molecule has 2 rings (SSSR count). The number of ether oxygens (including phenoxy) is 2. The lowest BCUT2D eigenvalue weighted by atomic mass is 10.2. The molecule has 5 nitrogen and oxygen atoms in total. The van der Waals surface area contributed by atoms with Gasteiger partial charge in [-0.15, -0.1) is 0 Å². The second-order valence-corrected chi connectivity index (χ2v) is 3.82. The normalized spacial score (nSPS) is 19.2. The first-order valence-corrected chi connectivity index (χ1v) is 5.35. The summed E-state index contributed by atoms with van der Waals surface area (Å²) in [6.45, 7) is 0.892. The number of nitro groups is 1. The highest BCUT2D eigenvalue weighted by molar-refractivity contribution is 5.46. The van der Waals surface area contributed by atoms with E-state index in [0.717, 1.165) is 31.0 Å². The maximum atomic E-state index is 13.0. The van der Waals surface area contributed by atoms with Gasteiger partial charge in [-0.05, 0) is 18.9 Å². The van der Waals surface area contributed by atoms with E-state index in [1.54, 1.807) is 0 Å². The molecular weight excluding hydrogens is 229 g/mol. The number of hydrogen-bond donors (Lipinski definition) is 0. The molecule has 0 aromatic heterocycles. The fourth-order valence-electron chi connectivity index (χ4n) is 1.71. The van der Waals surface area contributed by atoms with Crippen molar-refractivity contribution in [2.75, 3.05) is 13.2 Å². The molecule has 0 unspecified atom stereocenters. The second kappa shape index (κ2) is 5.09. The van der Waals surface area contributed by atoms with Crippen LogP contribution in [-0.4, -0.2) is 24.2 Å². The molecule has 1 fully saturated rings. The monoisotopic (exact) mass is 241 g/mol. The van der Waals surface area contributed by atoms with Gasteiger partial charge in [-0.25, -0.2) is 4.39 Å². The predicted molar refractivity (Wildman–Crippen MR) is 57.5 cm³/mol. The van der Waals surface area contributed by atoms with E-state index in [-0.39, 0.29) is 24.1 Å². The molecule has 0 spiro atoms. The van der Waals surface area contributed by atoms with Crippen LogP contribution < -0.4 is 4.74 Å². The second-order valence-electron chi connectivity index (χ2n) is 3.82. The molecule has 1 aliphatic heterocycles. The van der Waals surface area contributed by atoms with Crippen molar-refractivity contribution in [1.82, 2.24) is 0 Å². The summed E-state index contributed by atoms with van der Waals surface area (Å²) in [5.74, 6) is -0.608. The van der Waals surface area contributed by atoms with Gasteiger partial charge in [0.2, 0.25) is 0 Å². The molecule has 1 saturated heterocycles. The lowest BCUT2D eigenvalue weighted by molar-refractivity contribution is -0.386. The molecule has 6 heteroatoms. The minimum absolute atomic E-state index is 0.0505. The summed E-state index contributed by atoms with van der Waals surface area (Å²) >= 11 is 0. The first-order chi connectivity index (χ1) is 8.16. The molecule has 0 saturated carbocycles. The summed E-state index contributed by atoms with van der Waals surface area (Å²) in [5.41, 5.74) is -0.232. The predicted octanol–water partition coefficient (Wildman–Crippen LogP) is 2.29. The van der Waals surface area contributed by atoms with Gasteiger partial charge in [0.1, 0.15) is 12.4 Å². The van der Waals surface area contributed by atoms with Crippen molar-refractivity contribution in [3.8, 4) is 5.75 Å². The Morgan fingerprint density at radius 3 is 3.06 bits per heavy atom. The van der Waals surface area contributed by atoms with Crippen molar-refractivity contribution in [2.24, 2.45) is 0 Å². The molecule has 1 aromatic carbocycles. The molecule has 92 valence electrons. The zero-order chi connectivity index (χ0) is 12.3. The molecule has 1 atom stereocenters. The van der Waals surface area contributed by atoms with Gasteiger partial charge in [0.25, 0.3) is 0 Å². The fraction of sp³-hybridized carbons (Fsp3) is 0.455. The van der Waals surface area contributed by atoms with Crippen LogP contribution in [0.3, 0.4) is 0 Å². The number of rotatable bonds is 4. The van der Waals surface area contributed by atoms with Crippen LogP contribution in [0.4, 0.5) is 10.1 Å². The number of nitro benzene ring substituents is 1. The van der Waals surface area contributed by atoms with Gasteiger partial charge in [-0.1, -0.05) is 0 Å². The molecular formula is C11H12FNO4. The van der Waals surface area contributed by atoms with E-state index in [2.05, 4.69) is 0 Å². The van der Waals surface area contributed by atoms with Crippen molar-refractivity contribution in [3.05, 3.63) is 34.1 Å². The van der Waals surface area contributed by atoms with Crippen LogP contribution in [-0.2, 0) is 4.74 Å². The number of hydrogen-bond acceptors (Lipinski definition) is 4. The summed E-state index contributed by atoms with van der Waals surface area (Å²) in [7, 11) is 0. The molecule has 1 heterocycles. The molecule has 0 radical (unpaired) electrons. The highest BCUT2D eigenvalue weighted by Gasteiger charge is 2.20. The van der Waals surface area contributed by atoms with Gasteiger partial charge in [0.15, 0.2) is 5.75 Å². The third-order valence-electron chi connectivity index (χ3n) is 2.57. The van der Waals surface area contributed by atoms with Crippen LogP contribution in [0.25, 0.3) is 0 Å². The van der Waals surface area contributed by atoms with Crippen molar-refractivity contribution in [3.63, 3.8) is 0 Å². The third-order valence-corrected chi connectivity index (χ3v) is 2.57. The lowest BCUT2D eigenvalue weighted by Gasteiger charge is -2.11. The van der Waals surface area contributed by atoms with E-state index in [4.69, 9.17) is 9.47 Å². The molecule has 0 bridgehead atoms. The Hall–Kier alpha value is -1.69. The first-order valence-electron chi connectivity index (χ1n) is 5.35. The average molecular weight is 241 g/mol. The summed E-state index contributed by atoms with van der Waals surface area (Å²) < 4.78 is 23.6. The van der Waals surface area contributed by atoms with E-state index in [0.29, 0.717) is 6.61 Å². The lowest BCUT2D eigenvalue weighted by Crippen LogP contribution is -2.16. The van der Waals surface area contributed by atoms with E-state index >= 15 is 0 Å². The topological polar surface area (TPSA) is 61.6 Å². The number of nitrogens with zero attached hydrogens (tertiary/aromatic N) is 1. The van der Waals surface area contributed by atoms with Crippen molar-refractivity contribution >= 4 is 5.69 Å². The number of halogens is 1. The molecule has 0 amide bonds. The third kappa shape index (κ3) is 2.91. The average Bonchev–Trinajstić information content (AvgIpc) is 2.78.